The van der Waals surface area contributed by atoms with E-state index in [-0.39, 0.29) is 5.60 Å². The van der Waals surface area contributed by atoms with Gasteiger partial charge in [0.1, 0.15) is 17.1 Å². The summed E-state index contributed by atoms with van der Waals surface area (Å²) in [6, 6.07) is 3.91. The van der Waals surface area contributed by atoms with Crippen LogP contribution in [0.3, 0.4) is 0 Å². The van der Waals surface area contributed by atoms with Crippen molar-refractivity contribution < 1.29 is 9.84 Å². The molecular weight excluding hydrogens is 236 g/mol. The minimum Gasteiger partial charge on any atom is -0.508 e. The summed E-state index contributed by atoms with van der Waals surface area (Å²) >= 11 is 0. The van der Waals surface area contributed by atoms with E-state index in [1.807, 2.05) is 13.0 Å². The normalized spacial score (nSPS) is 27.9. The summed E-state index contributed by atoms with van der Waals surface area (Å²) in [4.78, 5) is 0. The highest BCUT2D eigenvalue weighted by molar-refractivity contribution is 5.52. The molecule has 2 atom stereocenters. The summed E-state index contributed by atoms with van der Waals surface area (Å²) in [6.45, 7) is 8.51. The van der Waals surface area contributed by atoms with Crippen molar-refractivity contribution in [3.8, 4) is 11.5 Å². The van der Waals surface area contributed by atoms with Gasteiger partial charge >= 0.3 is 0 Å². The van der Waals surface area contributed by atoms with Gasteiger partial charge < -0.3 is 9.84 Å². The highest BCUT2D eigenvalue weighted by Gasteiger charge is 2.45. The molecule has 19 heavy (non-hydrogen) atoms. The lowest BCUT2D eigenvalue weighted by molar-refractivity contribution is 0.00756. The summed E-state index contributed by atoms with van der Waals surface area (Å²) < 4.78 is 6.20. The van der Waals surface area contributed by atoms with Crippen LogP contribution < -0.4 is 4.74 Å². The molecule has 2 heteroatoms. The standard InChI is InChI=1S/C17H22O2/c1-10-5-6-13-12(7-10)16-14(18)8-11(2)9-15(16)19-17(13,3)4/h5,8-9,12-13,18H,6-7H2,1-4H3/t12?,13-/m1/s1. The molecule has 0 saturated carbocycles. The van der Waals surface area contributed by atoms with Crippen molar-refractivity contribution in [3.63, 3.8) is 0 Å². The molecule has 0 amide bonds. The molecule has 1 N–H and O–H groups in total. The molecule has 1 aliphatic heterocycles. The summed E-state index contributed by atoms with van der Waals surface area (Å²) in [5.74, 6) is 2.09. The first kappa shape index (κ1) is 12.6. The molecule has 0 aromatic heterocycles. The summed E-state index contributed by atoms with van der Waals surface area (Å²) in [7, 11) is 0. The molecule has 0 radical (unpaired) electrons. The van der Waals surface area contributed by atoms with Crippen molar-refractivity contribution in [3.05, 3.63) is 34.9 Å². The molecule has 2 nitrogen and oxygen atoms in total. The van der Waals surface area contributed by atoms with E-state index >= 15 is 0 Å². The Balaban J connectivity index is 2.17. The maximum atomic E-state index is 10.3. The second-order valence-corrected chi connectivity index (χ2v) is 6.60. The number of phenolic OH excluding ortho intramolecular Hbond substituents is 1. The fourth-order valence-corrected chi connectivity index (χ4v) is 3.70. The lowest BCUT2D eigenvalue weighted by atomic mass is 9.67. The average molecular weight is 258 g/mol. The van der Waals surface area contributed by atoms with E-state index in [1.165, 1.54) is 5.57 Å². The topological polar surface area (TPSA) is 29.5 Å². The number of aryl methyl sites for hydroxylation is 1. The van der Waals surface area contributed by atoms with Crippen molar-refractivity contribution in [1.82, 2.24) is 0 Å². The van der Waals surface area contributed by atoms with Gasteiger partial charge in [0.25, 0.3) is 0 Å². The fraction of sp³-hybridized carbons (Fsp3) is 0.529. The van der Waals surface area contributed by atoms with Gasteiger partial charge in [-0.05, 0) is 58.2 Å². The van der Waals surface area contributed by atoms with Gasteiger partial charge in [0, 0.05) is 17.4 Å². The average Bonchev–Trinajstić information content (AvgIpc) is 2.25. The molecule has 3 rings (SSSR count). The van der Waals surface area contributed by atoms with Crippen LogP contribution in [-0.2, 0) is 0 Å². The quantitative estimate of drug-likeness (QED) is 0.703. The van der Waals surface area contributed by atoms with Crippen LogP contribution in [0.25, 0.3) is 0 Å². The Morgan fingerprint density at radius 3 is 2.74 bits per heavy atom. The minimum atomic E-state index is -0.172. The Morgan fingerprint density at radius 1 is 1.26 bits per heavy atom. The minimum absolute atomic E-state index is 0.172. The maximum Gasteiger partial charge on any atom is 0.127 e. The van der Waals surface area contributed by atoms with E-state index < -0.39 is 0 Å². The molecule has 102 valence electrons. The first-order valence-corrected chi connectivity index (χ1v) is 7.06. The number of rotatable bonds is 0. The Kier molecular flexibility index (Phi) is 2.67. The second-order valence-electron chi connectivity index (χ2n) is 6.60. The summed E-state index contributed by atoms with van der Waals surface area (Å²) in [5.41, 5.74) is 3.32. The third-order valence-electron chi connectivity index (χ3n) is 4.65. The summed E-state index contributed by atoms with van der Waals surface area (Å²) in [6.07, 6.45) is 4.39. The molecule has 1 aromatic carbocycles. The molecule has 0 bridgehead atoms. The van der Waals surface area contributed by atoms with Crippen LogP contribution in [0.5, 0.6) is 11.5 Å². The van der Waals surface area contributed by atoms with Crippen LogP contribution in [0.15, 0.2) is 23.8 Å². The lowest BCUT2D eigenvalue weighted by Crippen LogP contribution is -2.45. The van der Waals surface area contributed by atoms with E-state index in [1.54, 1.807) is 0 Å². The maximum absolute atomic E-state index is 10.3. The molecule has 0 saturated heterocycles. The third kappa shape index (κ3) is 1.94. The third-order valence-corrected chi connectivity index (χ3v) is 4.65. The zero-order valence-corrected chi connectivity index (χ0v) is 12.2. The van der Waals surface area contributed by atoms with Gasteiger partial charge in [0.05, 0.1) is 0 Å². The number of hydrogen-bond donors (Lipinski definition) is 1. The van der Waals surface area contributed by atoms with Crippen LogP contribution in [0.1, 0.15) is 50.7 Å². The van der Waals surface area contributed by atoms with Gasteiger partial charge in [-0.2, -0.15) is 0 Å². The predicted octanol–water partition coefficient (Wildman–Crippen LogP) is 4.31. The van der Waals surface area contributed by atoms with Crippen molar-refractivity contribution >= 4 is 0 Å². The molecule has 1 aliphatic carbocycles. The van der Waals surface area contributed by atoms with Crippen LogP contribution >= 0.6 is 0 Å². The molecular formula is C17H22O2. The first-order valence-electron chi connectivity index (χ1n) is 7.06. The molecule has 1 aromatic rings. The Labute approximate surface area is 115 Å². The van der Waals surface area contributed by atoms with E-state index in [0.717, 1.165) is 29.7 Å². The molecule has 2 aliphatic rings. The van der Waals surface area contributed by atoms with Crippen molar-refractivity contribution in [2.24, 2.45) is 5.92 Å². The highest BCUT2D eigenvalue weighted by atomic mass is 16.5. The SMILES string of the molecule is CC1=CC[C@@H]2C(C1)c1c(O)cc(C)cc1OC2(C)C. The number of aromatic hydroxyl groups is 1. The van der Waals surface area contributed by atoms with Crippen LogP contribution in [0.2, 0.25) is 0 Å². The molecule has 1 heterocycles. The number of allylic oxidation sites excluding steroid dienone is 2. The fourth-order valence-electron chi connectivity index (χ4n) is 3.70. The monoisotopic (exact) mass is 258 g/mol. The smallest absolute Gasteiger partial charge is 0.127 e. The van der Waals surface area contributed by atoms with Gasteiger partial charge in [-0.15, -0.1) is 0 Å². The largest absolute Gasteiger partial charge is 0.508 e. The van der Waals surface area contributed by atoms with Crippen LogP contribution in [0, 0.1) is 12.8 Å². The number of hydrogen-bond acceptors (Lipinski definition) is 2. The number of fused-ring (bicyclic) bond motifs is 3. The highest BCUT2D eigenvalue weighted by Crippen LogP contribution is 2.53. The van der Waals surface area contributed by atoms with Gasteiger partial charge in [0.15, 0.2) is 0 Å². The zero-order valence-electron chi connectivity index (χ0n) is 12.2. The number of ether oxygens (including phenoxy) is 1. The van der Waals surface area contributed by atoms with Gasteiger partial charge in [-0.1, -0.05) is 11.6 Å². The zero-order chi connectivity index (χ0) is 13.8. The number of phenols is 1. The Morgan fingerprint density at radius 2 is 2.00 bits per heavy atom. The van der Waals surface area contributed by atoms with Gasteiger partial charge in [-0.25, -0.2) is 0 Å². The molecule has 0 spiro atoms. The van der Waals surface area contributed by atoms with E-state index in [0.29, 0.717) is 17.6 Å². The summed E-state index contributed by atoms with van der Waals surface area (Å²) in [5, 5.41) is 10.3. The van der Waals surface area contributed by atoms with E-state index in [4.69, 9.17) is 4.74 Å². The van der Waals surface area contributed by atoms with Crippen LogP contribution in [0.4, 0.5) is 0 Å². The van der Waals surface area contributed by atoms with Gasteiger partial charge in [0.2, 0.25) is 0 Å². The second kappa shape index (κ2) is 4.03. The van der Waals surface area contributed by atoms with E-state index in [2.05, 4.69) is 32.9 Å². The first-order chi connectivity index (χ1) is 8.88. The van der Waals surface area contributed by atoms with Gasteiger partial charge in [-0.3, -0.25) is 0 Å². The van der Waals surface area contributed by atoms with Crippen LogP contribution in [-0.4, -0.2) is 10.7 Å². The number of benzene rings is 1. The molecule has 1 unspecified atom stereocenters. The Bertz CT molecular complexity index is 555. The predicted molar refractivity (Wildman–Crippen MR) is 76.8 cm³/mol. The van der Waals surface area contributed by atoms with Crippen molar-refractivity contribution in [2.75, 3.05) is 0 Å². The van der Waals surface area contributed by atoms with Crippen molar-refractivity contribution in [1.29, 1.82) is 0 Å². The molecule has 0 fully saturated rings. The van der Waals surface area contributed by atoms with E-state index in [9.17, 15) is 5.11 Å². The van der Waals surface area contributed by atoms with Crippen molar-refractivity contribution in [2.45, 2.75) is 52.1 Å². The Hall–Kier alpha value is -1.44. The lowest BCUT2D eigenvalue weighted by Gasteiger charge is -2.47.